The molecule has 1 aliphatic carbocycles. The largest absolute Gasteiger partial charge is 0.497 e. The number of rotatable bonds is 4. The molecule has 0 saturated heterocycles. The van der Waals surface area contributed by atoms with E-state index in [4.69, 9.17) is 15.2 Å². The normalized spacial score (nSPS) is 22.3. The first-order valence-corrected chi connectivity index (χ1v) is 7.28. The Morgan fingerprint density at radius 1 is 1.40 bits per heavy atom. The van der Waals surface area contributed by atoms with Gasteiger partial charge < -0.3 is 15.2 Å². The molecule has 2 unspecified atom stereocenters. The van der Waals surface area contributed by atoms with Gasteiger partial charge in [-0.2, -0.15) is 0 Å². The van der Waals surface area contributed by atoms with Crippen molar-refractivity contribution in [3.8, 4) is 5.75 Å². The third-order valence-electron chi connectivity index (χ3n) is 4.06. The molecule has 1 fully saturated rings. The van der Waals surface area contributed by atoms with Crippen molar-refractivity contribution in [1.82, 2.24) is 0 Å². The van der Waals surface area contributed by atoms with Gasteiger partial charge in [-0.15, -0.1) is 0 Å². The number of nitrogens with two attached hydrogens (primary N) is 1. The number of anilines is 1. The van der Waals surface area contributed by atoms with E-state index in [1.807, 2.05) is 0 Å². The average molecular weight is 277 g/mol. The predicted molar refractivity (Wildman–Crippen MR) is 78.9 cm³/mol. The third kappa shape index (κ3) is 3.44. The molecule has 110 valence electrons. The summed E-state index contributed by atoms with van der Waals surface area (Å²) in [6.07, 6.45) is 5.49. The van der Waals surface area contributed by atoms with Crippen LogP contribution in [0, 0.1) is 5.92 Å². The standard InChI is InChI=1S/C16H23NO3/c1-3-11-5-4-6-13(9-11)20-16(18)14-8-7-12(19-2)10-15(14)17/h7-8,10-11,13H,3-6,9,17H2,1-2H3. The molecule has 1 saturated carbocycles. The van der Waals surface area contributed by atoms with Crippen LogP contribution in [0.5, 0.6) is 5.75 Å². The van der Waals surface area contributed by atoms with Gasteiger partial charge in [0.05, 0.1) is 12.7 Å². The molecule has 4 heteroatoms. The van der Waals surface area contributed by atoms with Crippen LogP contribution >= 0.6 is 0 Å². The highest BCUT2D eigenvalue weighted by Crippen LogP contribution is 2.29. The topological polar surface area (TPSA) is 61.5 Å². The smallest absolute Gasteiger partial charge is 0.340 e. The van der Waals surface area contributed by atoms with Gasteiger partial charge in [0.2, 0.25) is 0 Å². The monoisotopic (exact) mass is 277 g/mol. The van der Waals surface area contributed by atoms with Crippen LogP contribution in [0.25, 0.3) is 0 Å². The molecular weight excluding hydrogens is 254 g/mol. The number of nitrogen functional groups attached to an aromatic ring is 1. The van der Waals surface area contributed by atoms with E-state index in [1.54, 1.807) is 25.3 Å². The van der Waals surface area contributed by atoms with Gasteiger partial charge in [0.15, 0.2) is 0 Å². The molecule has 0 aliphatic heterocycles. The van der Waals surface area contributed by atoms with Crippen molar-refractivity contribution in [1.29, 1.82) is 0 Å². The Morgan fingerprint density at radius 3 is 2.85 bits per heavy atom. The number of benzene rings is 1. The maximum Gasteiger partial charge on any atom is 0.340 e. The van der Waals surface area contributed by atoms with E-state index in [9.17, 15) is 4.79 Å². The second-order valence-electron chi connectivity index (χ2n) is 5.42. The molecule has 2 atom stereocenters. The minimum absolute atomic E-state index is 0.0303. The highest BCUT2D eigenvalue weighted by Gasteiger charge is 2.24. The first-order valence-electron chi connectivity index (χ1n) is 7.28. The minimum Gasteiger partial charge on any atom is -0.497 e. The lowest BCUT2D eigenvalue weighted by atomic mass is 9.85. The highest BCUT2D eigenvalue weighted by atomic mass is 16.5. The zero-order valence-electron chi connectivity index (χ0n) is 12.2. The Bertz CT molecular complexity index is 473. The van der Waals surface area contributed by atoms with Crippen LogP contribution in [-0.4, -0.2) is 19.2 Å². The van der Waals surface area contributed by atoms with Crippen molar-refractivity contribution in [3.63, 3.8) is 0 Å². The van der Waals surface area contributed by atoms with Crippen molar-refractivity contribution < 1.29 is 14.3 Å². The fraction of sp³-hybridized carbons (Fsp3) is 0.562. The minimum atomic E-state index is -0.327. The summed E-state index contributed by atoms with van der Waals surface area (Å²) in [5.41, 5.74) is 6.70. The summed E-state index contributed by atoms with van der Waals surface area (Å²) in [6.45, 7) is 2.19. The molecule has 0 aromatic heterocycles. The lowest BCUT2D eigenvalue weighted by Crippen LogP contribution is -2.25. The van der Waals surface area contributed by atoms with E-state index < -0.39 is 0 Å². The fourth-order valence-electron chi connectivity index (χ4n) is 2.79. The zero-order chi connectivity index (χ0) is 14.5. The predicted octanol–water partition coefficient (Wildman–Crippen LogP) is 3.40. The maximum atomic E-state index is 12.2. The summed E-state index contributed by atoms with van der Waals surface area (Å²) in [7, 11) is 1.57. The lowest BCUT2D eigenvalue weighted by Gasteiger charge is -2.28. The van der Waals surface area contributed by atoms with Crippen molar-refractivity contribution in [2.24, 2.45) is 5.92 Å². The second-order valence-corrected chi connectivity index (χ2v) is 5.42. The first kappa shape index (κ1) is 14.7. The van der Waals surface area contributed by atoms with Gasteiger partial charge in [0.25, 0.3) is 0 Å². The molecular formula is C16H23NO3. The van der Waals surface area contributed by atoms with Gasteiger partial charge in [-0.1, -0.05) is 19.8 Å². The summed E-state index contributed by atoms with van der Waals surface area (Å²) in [5, 5.41) is 0. The summed E-state index contributed by atoms with van der Waals surface area (Å²) < 4.78 is 10.7. The van der Waals surface area contributed by atoms with Crippen LogP contribution in [0.15, 0.2) is 18.2 Å². The Morgan fingerprint density at radius 2 is 2.20 bits per heavy atom. The Labute approximate surface area is 120 Å². The first-order chi connectivity index (χ1) is 9.63. The second kappa shape index (κ2) is 6.64. The SMILES string of the molecule is CCC1CCCC(OC(=O)c2ccc(OC)cc2N)C1. The fourth-order valence-corrected chi connectivity index (χ4v) is 2.79. The molecule has 2 rings (SSSR count). The summed E-state index contributed by atoms with van der Waals surface area (Å²) in [4.78, 5) is 12.2. The van der Waals surface area contributed by atoms with Gasteiger partial charge in [-0.05, 0) is 37.3 Å². The Kier molecular flexibility index (Phi) is 4.88. The van der Waals surface area contributed by atoms with Crippen LogP contribution in [0.4, 0.5) is 5.69 Å². The molecule has 0 amide bonds. The van der Waals surface area contributed by atoms with Crippen LogP contribution in [0.3, 0.4) is 0 Å². The number of ether oxygens (including phenoxy) is 2. The van der Waals surface area contributed by atoms with Crippen molar-refractivity contribution in [3.05, 3.63) is 23.8 Å². The average Bonchev–Trinajstić information content (AvgIpc) is 2.47. The molecule has 0 bridgehead atoms. The Balaban J connectivity index is 2.01. The molecule has 20 heavy (non-hydrogen) atoms. The van der Waals surface area contributed by atoms with E-state index in [0.717, 1.165) is 25.7 Å². The number of carbonyl (C=O) groups excluding carboxylic acids is 1. The number of carbonyl (C=O) groups is 1. The number of hydrogen-bond donors (Lipinski definition) is 1. The van der Waals surface area contributed by atoms with Crippen molar-refractivity contribution >= 4 is 11.7 Å². The quantitative estimate of drug-likeness (QED) is 0.676. The van der Waals surface area contributed by atoms with E-state index in [-0.39, 0.29) is 12.1 Å². The zero-order valence-corrected chi connectivity index (χ0v) is 12.2. The molecule has 1 aromatic rings. The van der Waals surface area contributed by atoms with Gasteiger partial charge in [0, 0.05) is 11.8 Å². The maximum absolute atomic E-state index is 12.2. The molecule has 0 spiro atoms. The van der Waals surface area contributed by atoms with E-state index in [0.29, 0.717) is 22.9 Å². The van der Waals surface area contributed by atoms with Gasteiger partial charge in [-0.3, -0.25) is 0 Å². The summed E-state index contributed by atoms with van der Waals surface area (Å²) in [6, 6.07) is 5.03. The number of hydrogen-bond acceptors (Lipinski definition) is 4. The molecule has 2 N–H and O–H groups in total. The van der Waals surface area contributed by atoms with Crippen LogP contribution < -0.4 is 10.5 Å². The molecule has 0 heterocycles. The van der Waals surface area contributed by atoms with Gasteiger partial charge in [-0.25, -0.2) is 4.79 Å². The lowest BCUT2D eigenvalue weighted by molar-refractivity contribution is 0.0141. The van der Waals surface area contributed by atoms with Crippen molar-refractivity contribution in [2.45, 2.75) is 45.1 Å². The summed E-state index contributed by atoms with van der Waals surface area (Å²) >= 11 is 0. The van der Waals surface area contributed by atoms with E-state index in [2.05, 4.69) is 6.92 Å². The van der Waals surface area contributed by atoms with Crippen LogP contribution in [0.1, 0.15) is 49.4 Å². The van der Waals surface area contributed by atoms with Gasteiger partial charge >= 0.3 is 5.97 Å². The highest BCUT2D eigenvalue weighted by molar-refractivity contribution is 5.95. The van der Waals surface area contributed by atoms with Gasteiger partial charge in [0.1, 0.15) is 11.9 Å². The van der Waals surface area contributed by atoms with Crippen LogP contribution in [0.2, 0.25) is 0 Å². The third-order valence-corrected chi connectivity index (χ3v) is 4.06. The summed E-state index contributed by atoms with van der Waals surface area (Å²) in [5.74, 6) is 0.990. The Hall–Kier alpha value is -1.71. The van der Waals surface area contributed by atoms with Crippen molar-refractivity contribution in [2.75, 3.05) is 12.8 Å². The molecule has 1 aliphatic rings. The van der Waals surface area contributed by atoms with Crippen LogP contribution in [-0.2, 0) is 4.74 Å². The number of esters is 1. The molecule has 1 aromatic carbocycles. The van der Waals surface area contributed by atoms with E-state index >= 15 is 0 Å². The van der Waals surface area contributed by atoms with E-state index in [1.165, 1.54) is 6.42 Å². The molecule has 4 nitrogen and oxygen atoms in total. The molecule has 0 radical (unpaired) electrons. The number of methoxy groups -OCH3 is 1.